The van der Waals surface area contributed by atoms with Crippen LogP contribution in [0, 0.1) is 4.77 Å². The van der Waals surface area contributed by atoms with Crippen molar-refractivity contribution in [3.63, 3.8) is 0 Å². The minimum absolute atomic E-state index is 0.00931. The topological polar surface area (TPSA) is 33.6 Å². The van der Waals surface area contributed by atoms with Gasteiger partial charge in [-0.25, -0.2) is 0 Å². The minimum atomic E-state index is -0.00931. The zero-order chi connectivity index (χ0) is 10.7. The molecule has 4 heteroatoms. The van der Waals surface area contributed by atoms with Gasteiger partial charge < -0.3 is 9.55 Å². The fraction of sp³-hybridized carbons (Fsp3) is 0.0909. The van der Waals surface area contributed by atoms with Crippen LogP contribution in [0.3, 0.4) is 0 Å². The highest BCUT2D eigenvalue weighted by molar-refractivity contribution is 7.71. The highest BCUT2D eigenvalue weighted by atomic mass is 32.1. The summed E-state index contributed by atoms with van der Waals surface area (Å²) in [5, 5.41) is 0. The van der Waals surface area contributed by atoms with Crippen LogP contribution in [0.4, 0.5) is 0 Å². The number of hydrogen-bond donors (Lipinski definition) is 1. The minimum Gasteiger partial charge on any atom is -0.337 e. The van der Waals surface area contributed by atoms with Crippen LogP contribution in [-0.2, 0) is 0 Å². The van der Waals surface area contributed by atoms with Crippen LogP contribution in [-0.4, -0.2) is 14.5 Å². The summed E-state index contributed by atoms with van der Waals surface area (Å²) in [6.45, 7) is 3.81. The lowest BCUT2D eigenvalue weighted by atomic mass is 10.2. The molecule has 0 aliphatic heterocycles. The third-order valence-corrected chi connectivity index (χ3v) is 2.52. The Morgan fingerprint density at radius 3 is 2.93 bits per heavy atom. The molecule has 0 aromatic carbocycles. The molecule has 0 bridgehead atoms. The summed E-state index contributed by atoms with van der Waals surface area (Å²) in [5.41, 5.74) is 0.934. The fourth-order valence-corrected chi connectivity index (χ4v) is 1.72. The molecule has 0 aliphatic rings. The molecule has 2 aromatic rings. The van der Waals surface area contributed by atoms with E-state index in [0.717, 1.165) is 5.69 Å². The molecule has 76 valence electrons. The second-order valence-electron chi connectivity index (χ2n) is 3.11. The van der Waals surface area contributed by atoms with Gasteiger partial charge in [0.25, 0.3) is 0 Å². The van der Waals surface area contributed by atoms with Crippen molar-refractivity contribution in [1.29, 1.82) is 0 Å². The predicted octanol–water partition coefficient (Wildman–Crippen LogP) is 2.72. The van der Waals surface area contributed by atoms with Crippen LogP contribution in [0.25, 0.3) is 0 Å². The number of nitrogens with one attached hydrogen (secondary N) is 1. The monoisotopic (exact) mass is 217 g/mol. The molecule has 0 saturated heterocycles. The molecule has 0 spiro atoms. The van der Waals surface area contributed by atoms with Crippen LogP contribution in [0.1, 0.15) is 11.7 Å². The van der Waals surface area contributed by atoms with Crippen molar-refractivity contribution < 1.29 is 0 Å². The third kappa shape index (κ3) is 1.89. The van der Waals surface area contributed by atoms with E-state index in [1.165, 1.54) is 0 Å². The van der Waals surface area contributed by atoms with Gasteiger partial charge in [-0.3, -0.25) is 4.98 Å². The number of aromatic amines is 1. The molecule has 2 aromatic heterocycles. The summed E-state index contributed by atoms with van der Waals surface area (Å²) >= 11 is 5.16. The summed E-state index contributed by atoms with van der Waals surface area (Å²) in [5.74, 6) is 0. The zero-order valence-corrected chi connectivity index (χ0v) is 8.95. The van der Waals surface area contributed by atoms with Crippen molar-refractivity contribution in [2.24, 2.45) is 0 Å². The first-order valence-corrected chi connectivity index (χ1v) is 5.03. The molecule has 0 amide bonds. The SMILES string of the molecule is C=CC(c1ccccn1)n1cc[nH]c1=S. The van der Waals surface area contributed by atoms with E-state index in [9.17, 15) is 0 Å². The molecular formula is C11H11N3S. The van der Waals surface area contributed by atoms with Gasteiger partial charge in [0.1, 0.15) is 0 Å². The molecule has 3 nitrogen and oxygen atoms in total. The summed E-state index contributed by atoms with van der Waals surface area (Å²) in [6, 6.07) is 5.79. The molecule has 1 unspecified atom stereocenters. The summed E-state index contributed by atoms with van der Waals surface area (Å²) in [4.78, 5) is 7.25. The molecule has 1 N–H and O–H groups in total. The van der Waals surface area contributed by atoms with E-state index in [1.807, 2.05) is 41.2 Å². The van der Waals surface area contributed by atoms with E-state index < -0.39 is 0 Å². The van der Waals surface area contributed by atoms with Crippen LogP contribution in [0.5, 0.6) is 0 Å². The van der Waals surface area contributed by atoms with Gasteiger partial charge in [0.2, 0.25) is 0 Å². The van der Waals surface area contributed by atoms with Crippen molar-refractivity contribution in [3.05, 3.63) is 59.9 Å². The first kappa shape index (κ1) is 9.86. The number of hydrogen-bond acceptors (Lipinski definition) is 2. The van der Waals surface area contributed by atoms with Crippen molar-refractivity contribution in [1.82, 2.24) is 14.5 Å². The standard InChI is InChI=1S/C11H11N3S/c1-2-10(9-5-3-4-6-12-9)14-8-7-13-11(14)15/h2-8,10H,1H2,(H,13,15). The second-order valence-corrected chi connectivity index (χ2v) is 3.49. The van der Waals surface area contributed by atoms with Gasteiger partial charge in [0, 0.05) is 18.6 Å². The molecular weight excluding hydrogens is 206 g/mol. The Labute approximate surface area is 93.1 Å². The van der Waals surface area contributed by atoms with Gasteiger partial charge in [-0.15, -0.1) is 6.58 Å². The molecule has 0 fully saturated rings. The number of aromatic nitrogens is 3. The number of nitrogens with zero attached hydrogens (tertiary/aromatic N) is 2. The maximum Gasteiger partial charge on any atom is 0.178 e. The average Bonchev–Trinajstić information content (AvgIpc) is 2.68. The van der Waals surface area contributed by atoms with Gasteiger partial charge in [0.15, 0.2) is 4.77 Å². The smallest absolute Gasteiger partial charge is 0.178 e. The number of allylic oxidation sites excluding steroid dienone is 1. The Kier molecular flexibility index (Phi) is 2.78. The first-order chi connectivity index (χ1) is 7.33. The Bertz CT molecular complexity index is 498. The molecule has 2 heterocycles. The molecule has 1 atom stereocenters. The molecule has 0 aliphatic carbocycles. The van der Waals surface area contributed by atoms with Crippen molar-refractivity contribution in [2.45, 2.75) is 6.04 Å². The average molecular weight is 217 g/mol. The Morgan fingerprint density at radius 2 is 2.40 bits per heavy atom. The van der Waals surface area contributed by atoms with Gasteiger partial charge in [-0.1, -0.05) is 12.1 Å². The Hall–Kier alpha value is -1.68. The van der Waals surface area contributed by atoms with E-state index in [0.29, 0.717) is 4.77 Å². The lowest BCUT2D eigenvalue weighted by molar-refractivity contribution is 0.670. The second kappa shape index (κ2) is 4.23. The molecule has 0 radical (unpaired) electrons. The maximum atomic E-state index is 5.16. The van der Waals surface area contributed by atoms with Gasteiger partial charge in [-0.2, -0.15) is 0 Å². The summed E-state index contributed by atoms with van der Waals surface area (Å²) < 4.78 is 2.59. The molecule has 2 rings (SSSR count). The number of rotatable bonds is 3. The van der Waals surface area contributed by atoms with Crippen LogP contribution >= 0.6 is 12.2 Å². The highest BCUT2D eigenvalue weighted by Gasteiger charge is 2.10. The fourth-order valence-electron chi connectivity index (χ4n) is 1.48. The van der Waals surface area contributed by atoms with Gasteiger partial charge in [0.05, 0.1) is 11.7 Å². The van der Waals surface area contributed by atoms with Crippen molar-refractivity contribution in [3.8, 4) is 0 Å². The predicted molar refractivity (Wildman–Crippen MR) is 62.2 cm³/mol. The van der Waals surface area contributed by atoms with Gasteiger partial charge >= 0.3 is 0 Å². The molecule has 0 saturated carbocycles. The third-order valence-electron chi connectivity index (χ3n) is 2.19. The lowest BCUT2D eigenvalue weighted by Gasteiger charge is -2.12. The maximum absolute atomic E-state index is 5.16. The van der Waals surface area contributed by atoms with E-state index in [2.05, 4.69) is 16.5 Å². The van der Waals surface area contributed by atoms with Crippen LogP contribution in [0.2, 0.25) is 0 Å². The first-order valence-electron chi connectivity index (χ1n) is 4.62. The van der Waals surface area contributed by atoms with E-state index >= 15 is 0 Å². The van der Waals surface area contributed by atoms with Crippen LogP contribution in [0.15, 0.2) is 49.4 Å². The van der Waals surface area contributed by atoms with Crippen molar-refractivity contribution in [2.75, 3.05) is 0 Å². The van der Waals surface area contributed by atoms with E-state index in [4.69, 9.17) is 12.2 Å². The van der Waals surface area contributed by atoms with Crippen molar-refractivity contribution >= 4 is 12.2 Å². The Balaban J connectivity index is 2.46. The number of H-pyrrole nitrogens is 1. The van der Waals surface area contributed by atoms with E-state index in [1.54, 1.807) is 6.20 Å². The quantitative estimate of drug-likeness (QED) is 0.633. The summed E-state index contributed by atoms with van der Waals surface area (Å²) in [6.07, 6.45) is 7.29. The normalized spacial score (nSPS) is 12.3. The Morgan fingerprint density at radius 1 is 1.53 bits per heavy atom. The highest BCUT2D eigenvalue weighted by Crippen LogP contribution is 2.16. The number of pyridine rings is 1. The lowest BCUT2D eigenvalue weighted by Crippen LogP contribution is -2.08. The van der Waals surface area contributed by atoms with E-state index in [-0.39, 0.29) is 6.04 Å². The van der Waals surface area contributed by atoms with Crippen LogP contribution < -0.4 is 0 Å². The van der Waals surface area contributed by atoms with Gasteiger partial charge in [-0.05, 0) is 24.4 Å². The zero-order valence-electron chi connectivity index (χ0n) is 8.13. The largest absolute Gasteiger partial charge is 0.337 e. The number of imidazole rings is 1. The molecule has 15 heavy (non-hydrogen) atoms. The summed E-state index contributed by atoms with van der Waals surface area (Å²) in [7, 11) is 0.